The van der Waals surface area contributed by atoms with Crippen molar-refractivity contribution in [2.24, 2.45) is 0 Å². The zero-order valence-corrected chi connectivity index (χ0v) is 17.6. The van der Waals surface area contributed by atoms with Crippen LogP contribution in [0.25, 0.3) is 11.0 Å². The zero-order chi connectivity index (χ0) is 20.1. The lowest BCUT2D eigenvalue weighted by Gasteiger charge is -2.17. The summed E-state index contributed by atoms with van der Waals surface area (Å²) in [6.07, 6.45) is 2.87. The molecule has 0 bridgehead atoms. The molecule has 0 radical (unpaired) electrons. The van der Waals surface area contributed by atoms with Crippen LogP contribution in [0.15, 0.2) is 24.4 Å². The van der Waals surface area contributed by atoms with Crippen LogP contribution >= 0.6 is 0 Å². The number of para-hydroxylation sites is 1. The standard InChI is InChI=1S/C21H31N7/c1-6-27(7-2)12-9-13-28-20-17(14-23-21(22-5)25-20)19(26-28)24-18-15(3)10-8-11-16(18)4/h8,10-11,14H,6-7,9,12-13H2,1-5H3,(H,24,26)(H,22,23,25). The topological polar surface area (TPSA) is 70.9 Å². The Hall–Kier alpha value is -2.67. The minimum atomic E-state index is 0.607. The minimum Gasteiger partial charge on any atom is -0.357 e. The van der Waals surface area contributed by atoms with Crippen molar-refractivity contribution in [3.8, 4) is 0 Å². The van der Waals surface area contributed by atoms with Crippen LogP contribution in [-0.4, -0.2) is 51.3 Å². The summed E-state index contributed by atoms with van der Waals surface area (Å²) in [5.74, 6) is 1.41. The predicted octanol–water partition coefficient (Wildman–Crippen LogP) is 3.96. The van der Waals surface area contributed by atoms with Crippen LogP contribution < -0.4 is 10.6 Å². The van der Waals surface area contributed by atoms with Crippen molar-refractivity contribution >= 4 is 28.5 Å². The highest BCUT2D eigenvalue weighted by Crippen LogP contribution is 2.28. The van der Waals surface area contributed by atoms with E-state index in [4.69, 9.17) is 5.10 Å². The van der Waals surface area contributed by atoms with Crippen LogP contribution in [-0.2, 0) is 6.54 Å². The number of benzene rings is 1. The number of hydrogen-bond acceptors (Lipinski definition) is 6. The van der Waals surface area contributed by atoms with E-state index in [0.717, 1.165) is 55.1 Å². The number of fused-ring (bicyclic) bond motifs is 1. The molecule has 0 saturated heterocycles. The molecule has 2 heterocycles. The first-order valence-corrected chi connectivity index (χ1v) is 10.0. The Morgan fingerprint density at radius 3 is 2.46 bits per heavy atom. The molecule has 0 amide bonds. The average molecular weight is 382 g/mol. The van der Waals surface area contributed by atoms with Gasteiger partial charge in [-0.3, -0.25) is 0 Å². The fourth-order valence-corrected chi connectivity index (χ4v) is 3.44. The molecule has 7 heteroatoms. The van der Waals surface area contributed by atoms with E-state index in [2.05, 4.69) is 71.4 Å². The molecule has 0 spiro atoms. The van der Waals surface area contributed by atoms with Crippen molar-refractivity contribution in [1.82, 2.24) is 24.6 Å². The molecule has 1 aromatic carbocycles. The molecule has 3 aromatic rings. The molecule has 3 rings (SSSR count). The molecule has 0 aliphatic heterocycles. The Kier molecular flexibility index (Phi) is 6.46. The van der Waals surface area contributed by atoms with Crippen LogP contribution in [0.5, 0.6) is 0 Å². The maximum atomic E-state index is 4.85. The summed E-state index contributed by atoms with van der Waals surface area (Å²) in [7, 11) is 1.83. The number of aryl methyl sites for hydroxylation is 3. The van der Waals surface area contributed by atoms with Gasteiger partial charge < -0.3 is 15.5 Å². The van der Waals surface area contributed by atoms with Gasteiger partial charge in [0.05, 0.1) is 5.39 Å². The molecule has 0 unspecified atom stereocenters. The Morgan fingerprint density at radius 1 is 1.11 bits per heavy atom. The third kappa shape index (κ3) is 4.25. The van der Waals surface area contributed by atoms with Crippen molar-refractivity contribution in [2.45, 2.75) is 40.7 Å². The van der Waals surface area contributed by atoms with Gasteiger partial charge in [-0.05, 0) is 51.0 Å². The highest BCUT2D eigenvalue weighted by Gasteiger charge is 2.15. The van der Waals surface area contributed by atoms with Crippen molar-refractivity contribution < 1.29 is 0 Å². The summed E-state index contributed by atoms with van der Waals surface area (Å²) in [5.41, 5.74) is 4.33. The average Bonchev–Trinajstić information content (AvgIpc) is 3.05. The molecular formula is C21H31N7. The van der Waals surface area contributed by atoms with E-state index in [1.807, 2.05) is 17.9 Å². The van der Waals surface area contributed by atoms with E-state index in [0.29, 0.717) is 5.95 Å². The first-order chi connectivity index (χ1) is 13.6. The first kappa shape index (κ1) is 20.1. The Labute approximate surface area is 167 Å². The van der Waals surface area contributed by atoms with Gasteiger partial charge >= 0.3 is 0 Å². The third-order valence-electron chi connectivity index (χ3n) is 5.18. The van der Waals surface area contributed by atoms with Gasteiger partial charge in [-0.2, -0.15) is 10.1 Å². The summed E-state index contributed by atoms with van der Waals surface area (Å²) in [6, 6.07) is 6.28. The molecule has 2 N–H and O–H groups in total. The molecule has 0 fully saturated rings. The summed E-state index contributed by atoms with van der Waals surface area (Å²) >= 11 is 0. The number of aromatic nitrogens is 4. The maximum absolute atomic E-state index is 4.85. The molecule has 0 aliphatic carbocycles. The van der Waals surface area contributed by atoms with Crippen LogP contribution in [0, 0.1) is 13.8 Å². The normalized spacial score (nSPS) is 11.4. The number of hydrogen-bond donors (Lipinski definition) is 2. The number of nitrogens with one attached hydrogen (secondary N) is 2. The van der Waals surface area contributed by atoms with E-state index in [1.165, 1.54) is 11.1 Å². The van der Waals surface area contributed by atoms with Gasteiger partial charge in [0.15, 0.2) is 11.5 Å². The molecule has 0 aliphatic rings. The second-order valence-electron chi connectivity index (χ2n) is 7.02. The maximum Gasteiger partial charge on any atom is 0.224 e. The van der Waals surface area contributed by atoms with Gasteiger partial charge in [0, 0.05) is 25.5 Å². The highest BCUT2D eigenvalue weighted by molar-refractivity contribution is 5.90. The second-order valence-corrected chi connectivity index (χ2v) is 7.02. The van der Waals surface area contributed by atoms with Crippen molar-refractivity contribution in [3.05, 3.63) is 35.5 Å². The van der Waals surface area contributed by atoms with Gasteiger partial charge in [0.1, 0.15) is 0 Å². The number of rotatable bonds is 9. The fraction of sp³-hybridized carbons (Fsp3) is 0.476. The van der Waals surface area contributed by atoms with Crippen LogP contribution in [0.2, 0.25) is 0 Å². The van der Waals surface area contributed by atoms with Gasteiger partial charge in [-0.25, -0.2) is 9.67 Å². The van der Waals surface area contributed by atoms with Gasteiger partial charge in [0.25, 0.3) is 0 Å². The van der Waals surface area contributed by atoms with Crippen LogP contribution in [0.1, 0.15) is 31.4 Å². The van der Waals surface area contributed by atoms with E-state index in [1.54, 1.807) is 0 Å². The molecule has 0 atom stereocenters. The number of nitrogens with zero attached hydrogens (tertiary/aromatic N) is 5. The number of anilines is 3. The SMILES string of the molecule is CCN(CC)CCCn1nc(Nc2c(C)cccc2C)c2cnc(NC)nc21. The monoisotopic (exact) mass is 381 g/mol. The molecule has 0 saturated carbocycles. The van der Waals surface area contributed by atoms with E-state index in [9.17, 15) is 0 Å². The van der Waals surface area contributed by atoms with Crippen LogP contribution in [0.4, 0.5) is 17.5 Å². The molecular weight excluding hydrogens is 350 g/mol. The summed E-state index contributed by atoms with van der Waals surface area (Å²) in [5, 5.41) is 12.3. The van der Waals surface area contributed by atoms with Crippen molar-refractivity contribution in [2.75, 3.05) is 37.3 Å². The molecule has 150 valence electrons. The van der Waals surface area contributed by atoms with Crippen molar-refractivity contribution in [3.63, 3.8) is 0 Å². The highest BCUT2D eigenvalue weighted by atomic mass is 15.3. The van der Waals surface area contributed by atoms with Gasteiger partial charge in [-0.15, -0.1) is 0 Å². The Morgan fingerprint density at radius 2 is 1.82 bits per heavy atom. The molecule has 2 aromatic heterocycles. The second kappa shape index (κ2) is 9.01. The van der Waals surface area contributed by atoms with E-state index >= 15 is 0 Å². The lowest BCUT2D eigenvalue weighted by molar-refractivity contribution is 0.291. The molecule has 7 nitrogen and oxygen atoms in total. The van der Waals surface area contributed by atoms with Crippen LogP contribution in [0.3, 0.4) is 0 Å². The lowest BCUT2D eigenvalue weighted by Crippen LogP contribution is -2.25. The van der Waals surface area contributed by atoms with E-state index in [-0.39, 0.29) is 0 Å². The smallest absolute Gasteiger partial charge is 0.224 e. The minimum absolute atomic E-state index is 0.607. The quantitative estimate of drug-likeness (QED) is 0.585. The lowest BCUT2D eigenvalue weighted by atomic mass is 10.1. The Bertz CT molecular complexity index is 908. The first-order valence-electron chi connectivity index (χ1n) is 10.0. The fourth-order valence-electron chi connectivity index (χ4n) is 3.44. The summed E-state index contributed by atoms with van der Waals surface area (Å²) < 4.78 is 2.00. The Balaban J connectivity index is 1.92. The predicted molar refractivity (Wildman–Crippen MR) is 116 cm³/mol. The zero-order valence-electron chi connectivity index (χ0n) is 17.6. The van der Waals surface area contributed by atoms with Gasteiger partial charge in [-0.1, -0.05) is 32.0 Å². The largest absolute Gasteiger partial charge is 0.357 e. The summed E-state index contributed by atoms with van der Waals surface area (Å²) in [4.78, 5) is 11.5. The third-order valence-corrected chi connectivity index (χ3v) is 5.18. The van der Waals surface area contributed by atoms with Gasteiger partial charge in [0.2, 0.25) is 5.95 Å². The summed E-state index contributed by atoms with van der Waals surface area (Å²) in [6.45, 7) is 12.6. The molecule has 28 heavy (non-hydrogen) atoms. The van der Waals surface area contributed by atoms with Crippen molar-refractivity contribution in [1.29, 1.82) is 0 Å². The van der Waals surface area contributed by atoms with E-state index < -0.39 is 0 Å².